The van der Waals surface area contributed by atoms with Gasteiger partial charge in [0.05, 0.1) is 0 Å². The molecular weight excluding hydrogens is 245 g/mol. The second kappa shape index (κ2) is 4.82. The summed E-state index contributed by atoms with van der Waals surface area (Å²) in [6.45, 7) is 0. The number of aliphatic hydroxyl groups is 1. The van der Waals surface area contributed by atoms with Crippen LogP contribution < -0.4 is 0 Å². The minimum absolute atomic E-state index is 0.318. The maximum Gasteiger partial charge on any atom is 0.134 e. The third-order valence-corrected chi connectivity index (χ3v) is 2.98. The van der Waals surface area contributed by atoms with Crippen molar-refractivity contribution in [2.24, 2.45) is 0 Å². The Balaban J connectivity index is 1.87. The van der Waals surface area contributed by atoms with Crippen molar-refractivity contribution in [2.45, 2.75) is 12.5 Å². The predicted octanol–water partition coefficient (Wildman–Crippen LogP) is 3.24. The van der Waals surface area contributed by atoms with Crippen LogP contribution in [0.4, 0.5) is 4.39 Å². The summed E-state index contributed by atoms with van der Waals surface area (Å²) in [5, 5.41) is 10.8. The van der Waals surface area contributed by atoms with Crippen molar-refractivity contribution in [3.8, 4) is 0 Å². The topological polar surface area (TPSA) is 46.3 Å². The lowest BCUT2D eigenvalue weighted by molar-refractivity contribution is 0.152. The van der Waals surface area contributed by atoms with Crippen molar-refractivity contribution in [1.29, 1.82) is 0 Å². The van der Waals surface area contributed by atoms with Crippen LogP contribution in [0.3, 0.4) is 0 Å². The number of pyridine rings is 1. The van der Waals surface area contributed by atoms with Gasteiger partial charge in [0.25, 0.3) is 0 Å². The maximum atomic E-state index is 13.1. The Hall–Kier alpha value is -2.20. The summed E-state index contributed by atoms with van der Waals surface area (Å²) in [6, 6.07) is 9.65. The van der Waals surface area contributed by atoms with Crippen LogP contribution in [0.15, 0.2) is 53.2 Å². The second-order valence-corrected chi connectivity index (χ2v) is 4.41. The summed E-state index contributed by atoms with van der Waals surface area (Å²) in [5.41, 5.74) is 1.49. The molecule has 3 aromatic rings. The van der Waals surface area contributed by atoms with E-state index in [9.17, 15) is 9.50 Å². The van der Waals surface area contributed by atoms with E-state index in [0.29, 0.717) is 23.2 Å². The normalized spacial score (nSPS) is 12.7. The summed E-state index contributed by atoms with van der Waals surface area (Å²) in [4.78, 5) is 3.99. The monoisotopic (exact) mass is 257 g/mol. The van der Waals surface area contributed by atoms with E-state index in [1.165, 1.54) is 12.1 Å². The van der Waals surface area contributed by atoms with E-state index in [4.69, 9.17) is 4.42 Å². The average Bonchev–Trinajstić information content (AvgIpc) is 2.83. The molecule has 0 radical (unpaired) electrons. The van der Waals surface area contributed by atoms with Gasteiger partial charge in [-0.3, -0.25) is 4.98 Å². The third-order valence-electron chi connectivity index (χ3n) is 2.98. The zero-order chi connectivity index (χ0) is 13.2. The fourth-order valence-electron chi connectivity index (χ4n) is 2.04. The Morgan fingerprint density at radius 3 is 2.95 bits per heavy atom. The Morgan fingerprint density at radius 1 is 1.26 bits per heavy atom. The molecule has 1 atom stereocenters. The Morgan fingerprint density at radius 2 is 2.16 bits per heavy atom. The van der Waals surface area contributed by atoms with Gasteiger partial charge < -0.3 is 9.52 Å². The lowest BCUT2D eigenvalue weighted by atomic mass is 10.1. The molecule has 2 aromatic heterocycles. The molecule has 0 aliphatic rings. The minimum Gasteiger partial charge on any atom is -0.458 e. The molecule has 19 heavy (non-hydrogen) atoms. The van der Waals surface area contributed by atoms with Gasteiger partial charge in [-0.05, 0) is 35.9 Å². The van der Waals surface area contributed by atoms with Gasteiger partial charge in [-0.2, -0.15) is 0 Å². The highest BCUT2D eigenvalue weighted by atomic mass is 19.1. The fourth-order valence-corrected chi connectivity index (χ4v) is 2.04. The van der Waals surface area contributed by atoms with E-state index in [1.54, 1.807) is 24.5 Å². The molecule has 0 fully saturated rings. The van der Waals surface area contributed by atoms with Crippen molar-refractivity contribution < 1.29 is 13.9 Å². The molecule has 3 nitrogen and oxygen atoms in total. The molecule has 4 heteroatoms. The number of furan rings is 1. The van der Waals surface area contributed by atoms with Crippen molar-refractivity contribution >= 4 is 11.0 Å². The van der Waals surface area contributed by atoms with E-state index >= 15 is 0 Å². The highest BCUT2D eigenvalue weighted by Crippen LogP contribution is 2.26. The SMILES string of the molecule is OC(Cc1cccnc1)c1cc2cc(F)ccc2o1. The van der Waals surface area contributed by atoms with Crippen LogP contribution in [0, 0.1) is 5.82 Å². The molecule has 0 bridgehead atoms. The van der Waals surface area contributed by atoms with Gasteiger partial charge in [-0.25, -0.2) is 4.39 Å². The molecule has 0 saturated carbocycles. The van der Waals surface area contributed by atoms with Crippen LogP contribution in [-0.4, -0.2) is 10.1 Å². The van der Waals surface area contributed by atoms with E-state index < -0.39 is 6.10 Å². The molecule has 0 amide bonds. The van der Waals surface area contributed by atoms with Crippen LogP contribution in [0.25, 0.3) is 11.0 Å². The van der Waals surface area contributed by atoms with E-state index in [-0.39, 0.29) is 5.82 Å². The van der Waals surface area contributed by atoms with Gasteiger partial charge in [-0.15, -0.1) is 0 Å². The van der Waals surface area contributed by atoms with Crippen molar-refractivity contribution in [3.05, 3.63) is 65.9 Å². The fraction of sp³-hybridized carbons (Fsp3) is 0.133. The van der Waals surface area contributed by atoms with E-state index in [0.717, 1.165) is 5.56 Å². The Kier molecular flexibility index (Phi) is 3.01. The summed E-state index contributed by atoms with van der Waals surface area (Å²) in [7, 11) is 0. The van der Waals surface area contributed by atoms with Crippen LogP contribution in [0.2, 0.25) is 0 Å². The average molecular weight is 257 g/mol. The van der Waals surface area contributed by atoms with Crippen LogP contribution >= 0.6 is 0 Å². The van der Waals surface area contributed by atoms with Gasteiger partial charge in [0, 0.05) is 24.2 Å². The number of rotatable bonds is 3. The van der Waals surface area contributed by atoms with Gasteiger partial charge in [0.15, 0.2) is 0 Å². The second-order valence-electron chi connectivity index (χ2n) is 4.41. The standard InChI is InChI=1S/C15H12FNO2/c16-12-3-4-14-11(7-12)8-15(19-14)13(18)6-10-2-1-5-17-9-10/h1-5,7-9,13,18H,6H2. The van der Waals surface area contributed by atoms with Gasteiger partial charge in [0.2, 0.25) is 0 Å². The number of nitrogens with zero attached hydrogens (tertiary/aromatic N) is 1. The highest BCUT2D eigenvalue weighted by molar-refractivity contribution is 5.77. The number of benzene rings is 1. The third kappa shape index (κ3) is 2.48. The number of hydrogen-bond donors (Lipinski definition) is 1. The Bertz CT molecular complexity index is 694. The van der Waals surface area contributed by atoms with Crippen molar-refractivity contribution in [3.63, 3.8) is 0 Å². The van der Waals surface area contributed by atoms with Crippen molar-refractivity contribution in [1.82, 2.24) is 4.98 Å². The number of aliphatic hydroxyl groups excluding tert-OH is 1. The molecule has 1 unspecified atom stereocenters. The summed E-state index contributed by atoms with van der Waals surface area (Å²) in [5.74, 6) is 0.117. The molecule has 1 N–H and O–H groups in total. The summed E-state index contributed by atoms with van der Waals surface area (Å²) >= 11 is 0. The molecular formula is C15H12FNO2. The number of hydrogen-bond acceptors (Lipinski definition) is 3. The zero-order valence-corrected chi connectivity index (χ0v) is 10.1. The van der Waals surface area contributed by atoms with Gasteiger partial charge in [0.1, 0.15) is 23.3 Å². The first-order valence-electron chi connectivity index (χ1n) is 5.98. The molecule has 0 aliphatic carbocycles. The lowest BCUT2D eigenvalue weighted by Crippen LogP contribution is -2.00. The molecule has 0 spiro atoms. The highest BCUT2D eigenvalue weighted by Gasteiger charge is 2.14. The van der Waals surface area contributed by atoms with Gasteiger partial charge in [-0.1, -0.05) is 6.07 Å². The maximum absolute atomic E-state index is 13.1. The van der Waals surface area contributed by atoms with Gasteiger partial charge >= 0.3 is 0 Å². The lowest BCUT2D eigenvalue weighted by Gasteiger charge is -2.06. The number of aromatic nitrogens is 1. The van der Waals surface area contributed by atoms with E-state index in [1.807, 2.05) is 12.1 Å². The molecule has 0 saturated heterocycles. The summed E-state index contributed by atoms with van der Waals surface area (Å²) < 4.78 is 18.6. The smallest absolute Gasteiger partial charge is 0.134 e. The number of halogens is 1. The zero-order valence-electron chi connectivity index (χ0n) is 10.1. The predicted molar refractivity (Wildman–Crippen MR) is 69.1 cm³/mol. The first-order chi connectivity index (χ1) is 9.22. The van der Waals surface area contributed by atoms with Crippen LogP contribution in [-0.2, 0) is 6.42 Å². The van der Waals surface area contributed by atoms with Crippen LogP contribution in [0.5, 0.6) is 0 Å². The molecule has 96 valence electrons. The first kappa shape index (κ1) is 11.9. The molecule has 1 aromatic carbocycles. The first-order valence-corrected chi connectivity index (χ1v) is 5.98. The number of fused-ring (bicyclic) bond motifs is 1. The Labute approximate surface area is 109 Å². The minimum atomic E-state index is -0.764. The summed E-state index contributed by atoms with van der Waals surface area (Å²) in [6.07, 6.45) is 3.03. The van der Waals surface area contributed by atoms with E-state index in [2.05, 4.69) is 4.98 Å². The quantitative estimate of drug-likeness (QED) is 0.783. The van der Waals surface area contributed by atoms with Crippen molar-refractivity contribution in [2.75, 3.05) is 0 Å². The largest absolute Gasteiger partial charge is 0.458 e. The van der Waals surface area contributed by atoms with Crippen LogP contribution in [0.1, 0.15) is 17.4 Å². The molecule has 2 heterocycles. The molecule has 0 aliphatic heterocycles. The molecule has 3 rings (SSSR count).